The summed E-state index contributed by atoms with van der Waals surface area (Å²) < 4.78 is 67.8. The van der Waals surface area contributed by atoms with E-state index in [1.165, 1.54) is 0 Å². The minimum atomic E-state index is -4.54. The summed E-state index contributed by atoms with van der Waals surface area (Å²) in [5.74, 6) is 0.759. The van der Waals surface area contributed by atoms with Gasteiger partial charge in [0.1, 0.15) is 0 Å². The van der Waals surface area contributed by atoms with Crippen molar-refractivity contribution in [3.63, 3.8) is 0 Å². The van der Waals surface area contributed by atoms with Gasteiger partial charge in [0, 0.05) is 0 Å². The molecule has 0 spiro atoms. The van der Waals surface area contributed by atoms with Crippen LogP contribution in [-0.4, -0.2) is 16.8 Å². The molecule has 2 aliphatic carbocycles. The molecule has 6 rings (SSSR count). The normalized spacial score (nSPS) is 15.2. The van der Waals surface area contributed by atoms with Crippen molar-refractivity contribution in [3.05, 3.63) is 157 Å². The van der Waals surface area contributed by atoms with E-state index in [0.29, 0.717) is 11.5 Å². The summed E-state index contributed by atoms with van der Waals surface area (Å²) in [5, 5.41) is 0. The Bertz CT molecular complexity index is 1890. The van der Waals surface area contributed by atoms with Crippen LogP contribution in [0.4, 0.5) is 0 Å². The van der Waals surface area contributed by atoms with E-state index in [-0.39, 0.29) is 26.8 Å². The van der Waals surface area contributed by atoms with Gasteiger partial charge in [-0.25, -0.2) is 0 Å². The Morgan fingerprint density at radius 3 is 1.20 bits per heavy atom. The molecule has 0 unspecified atom stereocenters. The van der Waals surface area contributed by atoms with Crippen LogP contribution in [-0.2, 0) is 40.8 Å². The maximum absolute atomic E-state index is 13.6. The molecular weight excluding hydrogens is 684 g/mol. The molecule has 0 radical (unpaired) electrons. The number of aryl methyl sites for hydroxylation is 2. The fraction of sp³-hybridized carbons (Fsp3) is 0.111. The number of benzene rings is 4. The number of allylic oxidation sites excluding steroid dienone is 8. The van der Waals surface area contributed by atoms with Gasteiger partial charge in [-0.05, 0) is 0 Å². The summed E-state index contributed by atoms with van der Waals surface area (Å²) in [4.78, 5) is 0.632. The van der Waals surface area contributed by atoms with Crippen LogP contribution >= 0.6 is 0 Å². The van der Waals surface area contributed by atoms with Crippen LogP contribution in [0.2, 0.25) is 7.25 Å². The molecule has 0 aliphatic heterocycles. The first-order chi connectivity index (χ1) is 21.6. The summed E-state index contributed by atoms with van der Waals surface area (Å²) in [6.45, 7) is 3.81. The molecule has 228 valence electrons. The predicted octanol–water partition coefficient (Wildman–Crippen LogP) is 8.24. The standard InChI is InChI=1S/2C13H12O3S.2C5H5.Zr/c2*1-10-5-7-12(8-6-10)17(15,16)13-4-2-3-11(14)9-13;2*1-2-4-5-3-1;/h2*2-9,14H,1H3;2*1-5H;/q;;;;+2/p-2. The number of sulfone groups is 2. The Morgan fingerprint density at radius 1 is 0.489 bits per heavy atom. The molecule has 0 amide bonds. The van der Waals surface area contributed by atoms with E-state index in [9.17, 15) is 16.8 Å². The fourth-order valence-corrected chi connectivity index (χ4v) is 16.7. The second-order valence-electron chi connectivity index (χ2n) is 11.1. The van der Waals surface area contributed by atoms with Crippen LogP contribution in [0.1, 0.15) is 11.1 Å². The number of hydrogen-bond donors (Lipinski definition) is 0. The molecular formula is C36H32O6S2Zr. The van der Waals surface area contributed by atoms with Crippen molar-refractivity contribution >= 4 is 19.7 Å². The molecule has 0 saturated carbocycles. The second kappa shape index (κ2) is 12.5. The summed E-state index contributed by atoms with van der Waals surface area (Å²) in [7, 11) is -7.60. The van der Waals surface area contributed by atoms with E-state index in [2.05, 4.69) is 0 Å². The average molecular weight is 716 g/mol. The second-order valence-corrected chi connectivity index (χ2v) is 22.8. The third kappa shape index (κ3) is 6.35. The Balaban J connectivity index is 1.41. The molecule has 2 aliphatic rings. The fourth-order valence-electron chi connectivity index (χ4n) is 5.40. The van der Waals surface area contributed by atoms with E-state index >= 15 is 0 Å². The molecule has 6 nitrogen and oxygen atoms in total. The summed E-state index contributed by atoms with van der Waals surface area (Å²) in [6.07, 6.45) is 15.9. The molecule has 45 heavy (non-hydrogen) atoms. The molecule has 0 saturated heterocycles. The zero-order valence-electron chi connectivity index (χ0n) is 24.8. The minimum absolute atomic E-state index is 0.116. The van der Waals surface area contributed by atoms with Crippen molar-refractivity contribution in [2.75, 3.05) is 0 Å². The quantitative estimate of drug-likeness (QED) is 0.165. The van der Waals surface area contributed by atoms with Crippen molar-refractivity contribution in [2.24, 2.45) is 0 Å². The Morgan fingerprint density at radius 2 is 0.844 bits per heavy atom. The Hall–Kier alpha value is -3.78. The van der Waals surface area contributed by atoms with Crippen molar-refractivity contribution in [2.45, 2.75) is 40.7 Å². The van der Waals surface area contributed by atoms with Gasteiger partial charge in [0.2, 0.25) is 0 Å². The van der Waals surface area contributed by atoms with Gasteiger partial charge in [-0.2, -0.15) is 0 Å². The molecule has 9 heteroatoms. The first-order valence-corrected chi connectivity index (χ1v) is 22.3. The average Bonchev–Trinajstić information content (AvgIpc) is 3.78. The maximum atomic E-state index is 13.6. The molecule has 0 fully saturated rings. The van der Waals surface area contributed by atoms with E-state index < -0.39 is 40.8 Å². The topological polar surface area (TPSA) is 86.7 Å². The Kier molecular flexibility index (Phi) is 8.70. The predicted molar refractivity (Wildman–Crippen MR) is 171 cm³/mol. The van der Waals surface area contributed by atoms with Crippen LogP contribution < -0.4 is 5.63 Å². The van der Waals surface area contributed by atoms with Gasteiger partial charge in [0.15, 0.2) is 0 Å². The Labute approximate surface area is 270 Å². The SMILES string of the molecule is Cc1ccc(S(=O)(=O)c2cccc([O][Zr]([O]c3cccc(S(=O)(=O)c4ccc(C)cc4)c3)([CH]3C=CC=C3)[CH]3C=CC=C3)c2)cc1. The van der Waals surface area contributed by atoms with Crippen molar-refractivity contribution in [1.29, 1.82) is 0 Å². The van der Waals surface area contributed by atoms with E-state index in [0.717, 1.165) is 11.1 Å². The van der Waals surface area contributed by atoms with Crippen LogP contribution in [0.5, 0.6) is 11.5 Å². The zero-order valence-corrected chi connectivity index (χ0v) is 28.9. The first kappa shape index (κ1) is 31.2. The molecule has 0 atom stereocenters. The molecule has 0 bridgehead atoms. The molecule has 4 aromatic rings. The molecule has 0 aromatic heterocycles. The van der Waals surface area contributed by atoms with E-state index in [1.54, 1.807) is 97.1 Å². The molecule has 0 N–H and O–H groups in total. The zero-order chi connectivity index (χ0) is 31.7. The van der Waals surface area contributed by atoms with Crippen LogP contribution in [0.15, 0.2) is 165 Å². The number of hydrogen-bond acceptors (Lipinski definition) is 6. The van der Waals surface area contributed by atoms with Crippen LogP contribution in [0.3, 0.4) is 0 Å². The summed E-state index contributed by atoms with van der Waals surface area (Å²) in [5.41, 5.74) is 1.93. The third-order valence-electron chi connectivity index (χ3n) is 7.87. The van der Waals surface area contributed by atoms with Gasteiger partial charge < -0.3 is 0 Å². The van der Waals surface area contributed by atoms with Crippen molar-refractivity contribution in [3.8, 4) is 11.5 Å². The van der Waals surface area contributed by atoms with Gasteiger partial charge >= 0.3 is 272 Å². The van der Waals surface area contributed by atoms with Crippen molar-refractivity contribution in [1.82, 2.24) is 0 Å². The number of rotatable bonds is 10. The van der Waals surface area contributed by atoms with E-state index in [1.807, 2.05) is 62.5 Å². The van der Waals surface area contributed by atoms with Gasteiger partial charge in [0.05, 0.1) is 0 Å². The summed E-state index contributed by atoms with van der Waals surface area (Å²) in [6, 6.07) is 26.5. The van der Waals surface area contributed by atoms with Gasteiger partial charge in [-0.15, -0.1) is 0 Å². The summed E-state index contributed by atoms with van der Waals surface area (Å²) >= 11 is -4.54. The third-order valence-corrected chi connectivity index (χ3v) is 20.6. The van der Waals surface area contributed by atoms with Crippen molar-refractivity contribution < 1.29 is 43.6 Å². The molecule has 4 aromatic carbocycles. The van der Waals surface area contributed by atoms with Crippen LogP contribution in [0, 0.1) is 13.8 Å². The van der Waals surface area contributed by atoms with Crippen LogP contribution in [0.25, 0.3) is 0 Å². The first-order valence-electron chi connectivity index (χ1n) is 14.5. The van der Waals surface area contributed by atoms with Gasteiger partial charge in [-0.1, -0.05) is 0 Å². The van der Waals surface area contributed by atoms with Gasteiger partial charge in [0.25, 0.3) is 0 Å². The van der Waals surface area contributed by atoms with Gasteiger partial charge in [-0.3, -0.25) is 0 Å². The molecule has 0 heterocycles. The monoisotopic (exact) mass is 714 g/mol. The van der Waals surface area contributed by atoms with E-state index in [4.69, 9.17) is 5.63 Å².